The van der Waals surface area contributed by atoms with Crippen molar-refractivity contribution in [3.05, 3.63) is 0 Å². The standard InChI is InChI=1S/C21H30N2O4/c24-17-15-3-1-6-20(15,23-9-13-27-14-10-23)21(17)16-4-2-5-19(16,18(21)25)22-7-11-26-12-8-22/h15-16H,1-14H2. The summed E-state index contributed by atoms with van der Waals surface area (Å²) in [7, 11) is 0. The summed E-state index contributed by atoms with van der Waals surface area (Å²) in [6, 6.07) is 0. The zero-order valence-electron chi connectivity index (χ0n) is 16.1. The van der Waals surface area contributed by atoms with Crippen molar-refractivity contribution in [3.8, 4) is 0 Å². The van der Waals surface area contributed by atoms with Crippen molar-refractivity contribution in [3.63, 3.8) is 0 Å². The van der Waals surface area contributed by atoms with E-state index in [0.29, 0.717) is 19.0 Å². The van der Waals surface area contributed by atoms with Crippen molar-refractivity contribution in [1.82, 2.24) is 9.80 Å². The van der Waals surface area contributed by atoms with Gasteiger partial charge in [0.05, 0.1) is 37.5 Å². The van der Waals surface area contributed by atoms with Crippen LogP contribution in [0.15, 0.2) is 0 Å². The second-order valence-electron chi connectivity index (χ2n) is 9.44. The van der Waals surface area contributed by atoms with Gasteiger partial charge >= 0.3 is 0 Å². The third kappa shape index (κ3) is 1.66. The average molecular weight is 374 g/mol. The Hall–Kier alpha value is -0.820. The highest BCUT2D eigenvalue weighted by Gasteiger charge is 2.90. The van der Waals surface area contributed by atoms with Gasteiger partial charge in [0.2, 0.25) is 0 Å². The number of ether oxygens (including phenoxy) is 2. The lowest BCUT2D eigenvalue weighted by molar-refractivity contribution is -0.242. The van der Waals surface area contributed by atoms with Gasteiger partial charge < -0.3 is 9.47 Å². The second-order valence-corrected chi connectivity index (χ2v) is 9.44. The molecular formula is C21H30N2O4. The van der Waals surface area contributed by atoms with E-state index in [-0.39, 0.29) is 28.7 Å². The largest absolute Gasteiger partial charge is 0.379 e. The van der Waals surface area contributed by atoms with Gasteiger partial charge in [-0.3, -0.25) is 19.4 Å². The number of ketones is 2. The molecular weight excluding hydrogens is 344 g/mol. The normalized spacial score (nSPS) is 50.4. The van der Waals surface area contributed by atoms with Gasteiger partial charge in [0.25, 0.3) is 0 Å². The monoisotopic (exact) mass is 374 g/mol. The predicted molar refractivity (Wildman–Crippen MR) is 97.4 cm³/mol. The van der Waals surface area contributed by atoms with Crippen LogP contribution in [-0.4, -0.2) is 85.1 Å². The number of hydrogen-bond donors (Lipinski definition) is 0. The minimum absolute atomic E-state index is 0.0860. The highest BCUT2D eigenvalue weighted by molar-refractivity contribution is 6.24. The molecule has 4 saturated carbocycles. The first-order valence-corrected chi connectivity index (χ1v) is 11.0. The summed E-state index contributed by atoms with van der Waals surface area (Å²) in [4.78, 5) is 32.6. The van der Waals surface area contributed by atoms with Gasteiger partial charge in [-0.1, -0.05) is 12.8 Å². The SMILES string of the molecule is O=C1C2CCCC2(N2CCOCC2)C12C(=O)C1(N3CCOCC3)CCCC12. The highest BCUT2D eigenvalue weighted by atomic mass is 16.5. The van der Waals surface area contributed by atoms with Crippen LogP contribution in [0.4, 0.5) is 0 Å². The highest BCUT2D eigenvalue weighted by Crippen LogP contribution is 2.76. The van der Waals surface area contributed by atoms with Gasteiger partial charge in [-0.2, -0.15) is 0 Å². The number of nitrogens with zero attached hydrogens (tertiary/aromatic N) is 2. The Morgan fingerprint density at radius 3 is 2.15 bits per heavy atom. The van der Waals surface area contributed by atoms with E-state index >= 15 is 0 Å². The molecule has 6 rings (SSSR count). The maximum atomic E-state index is 14.1. The Kier molecular flexibility index (Phi) is 3.55. The van der Waals surface area contributed by atoms with Crippen LogP contribution in [0.2, 0.25) is 0 Å². The summed E-state index contributed by atoms with van der Waals surface area (Å²) in [5.41, 5.74) is -1.28. The zero-order chi connectivity index (χ0) is 18.3. The zero-order valence-corrected chi connectivity index (χ0v) is 16.1. The first-order chi connectivity index (χ1) is 13.2. The number of carbonyl (C=O) groups excluding carboxylic acids is 2. The Morgan fingerprint density at radius 1 is 0.815 bits per heavy atom. The number of fused-ring (bicyclic) bond motifs is 4. The van der Waals surface area contributed by atoms with E-state index in [1.807, 2.05) is 0 Å². The molecule has 0 bridgehead atoms. The van der Waals surface area contributed by atoms with E-state index in [2.05, 4.69) is 9.80 Å². The minimum atomic E-state index is -0.708. The Balaban J connectivity index is 1.43. The summed E-state index contributed by atoms with van der Waals surface area (Å²) >= 11 is 0. The lowest BCUT2D eigenvalue weighted by atomic mass is 9.31. The number of Topliss-reactive ketones (excluding diaryl/α,β-unsaturated/α-hetero) is 2. The third-order valence-corrected chi connectivity index (χ3v) is 9.07. The van der Waals surface area contributed by atoms with Crippen molar-refractivity contribution >= 4 is 11.6 Å². The van der Waals surface area contributed by atoms with E-state index in [4.69, 9.17) is 9.47 Å². The summed E-state index contributed by atoms with van der Waals surface area (Å²) < 4.78 is 11.2. The molecule has 6 aliphatic rings. The first kappa shape index (κ1) is 17.1. The lowest BCUT2D eigenvalue weighted by Crippen LogP contribution is -2.92. The van der Waals surface area contributed by atoms with Gasteiger partial charge in [0.15, 0.2) is 11.6 Å². The number of hydrogen-bond acceptors (Lipinski definition) is 6. The van der Waals surface area contributed by atoms with Crippen molar-refractivity contribution in [2.45, 2.75) is 49.6 Å². The van der Waals surface area contributed by atoms with Gasteiger partial charge in [-0.05, 0) is 25.7 Å². The molecule has 0 aromatic rings. The topological polar surface area (TPSA) is 59.1 Å². The molecule has 0 N–H and O–H groups in total. The average Bonchev–Trinajstić information content (AvgIpc) is 3.31. The van der Waals surface area contributed by atoms with E-state index in [0.717, 1.165) is 77.9 Å². The molecule has 2 heterocycles. The van der Waals surface area contributed by atoms with Crippen LogP contribution >= 0.6 is 0 Å². The first-order valence-electron chi connectivity index (χ1n) is 11.0. The molecule has 0 amide bonds. The van der Waals surface area contributed by atoms with Crippen molar-refractivity contribution in [1.29, 1.82) is 0 Å². The van der Waals surface area contributed by atoms with Crippen LogP contribution in [-0.2, 0) is 19.1 Å². The van der Waals surface area contributed by atoms with E-state index < -0.39 is 5.41 Å². The van der Waals surface area contributed by atoms with Crippen LogP contribution in [0.3, 0.4) is 0 Å². The number of rotatable bonds is 2. The Labute approximate surface area is 160 Å². The predicted octanol–water partition coefficient (Wildman–Crippen LogP) is 0.880. The van der Waals surface area contributed by atoms with Crippen molar-refractivity contribution in [2.24, 2.45) is 17.3 Å². The molecule has 27 heavy (non-hydrogen) atoms. The molecule has 0 radical (unpaired) electrons. The van der Waals surface area contributed by atoms with Crippen LogP contribution in [0.25, 0.3) is 0 Å². The van der Waals surface area contributed by atoms with Crippen LogP contribution in [0, 0.1) is 17.3 Å². The quantitative estimate of drug-likeness (QED) is 0.669. The van der Waals surface area contributed by atoms with E-state index in [1.54, 1.807) is 0 Å². The Bertz CT molecular complexity index is 686. The maximum absolute atomic E-state index is 14.1. The summed E-state index contributed by atoms with van der Waals surface area (Å²) in [5, 5.41) is 0. The molecule has 148 valence electrons. The molecule has 5 unspecified atom stereocenters. The van der Waals surface area contributed by atoms with Crippen LogP contribution < -0.4 is 0 Å². The molecule has 0 aromatic heterocycles. The van der Waals surface area contributed by atoms with Gasteiger partial charge in [0, 0.05) is 38.0 Å². The minimum Gasteiger partial charge on any atom is -0.379 e. The fraction of sp³-hybridized carbons (Fsp3) is 0.905. The number of carbonyl (C=O) groups is 2. The molecule has 1 spiro atoms. The smallest absolute Gasteiger partial charge is 0.169 e. The molecule has 0 aromatic carbocycles. The summed E-state index contributed by atoms with van der Waals surface area (Å²) in [5.74, 6) is 0.893. The van der Waals surface area contributed by atoms with Crippen molar-refractivity contribution < 1.29 is 19.1 Å². The molecule has 6 fully saturated rings. The lowest BCUT2D eigenvalue weighted by Gasteiger charge is -2.75. The van der Waals surface area contributed by atoms with Gasteiger partial charge in [0.1, 0.15) is 5.41 Å². The van der Waals surface area contributed by atoms with Crippen LogP contribution in [0.1, 0.15) is 38.5 Å². The Morgan fingerprint density at radius 2 is 1.44 bits per heavy atom. The van der Waals surface area contributed by atoms with Gasteiger partial charge in [-0.25, -0.2) is 0 Å². The summed E-state index contributed by atoms with van der Waals surface area (Å²) in [6.45, 7) is 6.28. The second kappa shape index (κ2) is 5.62. The van der Waals surface area contributed by atoms with Crippen molar-refractivity contribution in [2.75, 3.05) is 52.6 Å². The molecule has 4 aliphatic carbocycles. The fourth-order valence-corrected chi connectivity index (χ4v) is 8.33. The van der Waals surface area contributed by atoms with E-state index in [9.17, 15) is 9.59 Å². The third-order valence-electron chi connectivity index (χ3n) is 9.07. The van der Waals surface area contributed by atoms with Crippen LogP contribution in [0.5, 0.6) is 0 Å². The van der Waals surface area contributed by atoms with E-state index in [1.165, 1.54) is 0 Å². The summed E-state index contributed by atoms with van der Waals surface area (Å²) in [6.07, 6.45) is 6.13. The molecule has 5 atom stereocenters. The molecule has 6 nitrogen and oxygen atoms in total. The molecule has 6 heteroatoms. The maximum Gasteiger partial charge on any atom is 0.169 e. The van der Waals surface area contributed by atoms with Gasteiger partial charge in [-0.15, -0.1) is 0 Å². The fourth-order valence-electron chi connectivity index (χ4n) is 8.33. The molecule has 2 aliphatic heterocycles. The number of morpholine rings is 2. The molecule has 2 saturated heterocycles.